The maximum absolute atomic E-state index is 11.4. The van der Waals surface area contributed by atoms with E-state index in [4.69, 9.17) is 0 Å². The van der Waals surface area contributed by atoms with Gasteiger partial charge in [-0.3, -0.25) is 9.69 Å². The van der Waals surface area contributed by atoms with E-state index in [9.17, 15) is 9.90 Å². The van der Waals surface area contributed by atoms with Gasteiger partial charge in [0.1, 0.15) is 0 Å². The average Bonchev–Trinajstić information content (AvgIpc) is 2.37. The first kappa shape index (κ1) is 14.0. The Morgan fingerprint density at radius 2 is 2.16 bits per heavy atom. The van der Waals surface area contributed by atoms with E-state index in [-0.39, 0.29) is 5.92 Å². The molecule has 1 aliphatic heterocycles. The number of carboxylic acids is 1. The van der Waals surface area contributed by atoms with Gasteiger partial charge in [0.2, 0.25) is 0 Å². The Balaban J connectivity index is 2.05. The number of fused-ring (bicyclic) bond motifs is 1. The Morgan fingerprint density at radius 1 is 1.42 bits per heavy atom. The van der Waals surface area contributed by atoms with Crippen molar-refractivity contribution in [1.82, 2.24) is 9.80 Å². The fourth-order valence-corrected chi connectivity index (χ4v) is 2.67. The van der Waals surface area contributed by atoms with Crippen LogP contribution in [0.15, 0.2) is 24.3 Å². The first-order chi connectivity index (χ1) is 9.08. The van der Waals surface area contributed by atoms with E-state index in [1.54, 1.807) is 0 Å². The van der Waals surface area contributed by atoms with Crippen LogP contribution in [0, 0.1) is 0 Å². The molecule has 0 aromatic heterocycles. The molecule has 0 radical (unpaired) electrons. The number of hydrogen-bond donors (Lipinski definition) is 1. The summed E-state index contributed by atoms with van der Waals surface area (Å²) in [4.78, 5) is 15.8. The van der Waals surface area contributed by atoms with Gasteiger partial charge in [-0.2, -0.15) is 0 Å². The molecule has 104 valence electrons. The van der Waals surface area contributed by atoms with Crippen LogP contribution in [0.25, 0.3) is 0 Å². The van der Waals surface area contributed by atoms with Crippen LogP contribution < -0.4 is 0 Å². The zero-order valence-corrected chi connectivity index (χ0v) is 11.7. The molecule has 0 fully saturated rings. The average molecular weight is 262 g/mol. The van der Waals surface area contributed by atoms with Gasteiger partial charge in [0.25, 0.3) is 0 Å². The molecule has 1 heterocycles. The first-order valence-corrected chi connectivity index (χ1v) is 6.75. The third kappa shape index (κ3) is 3.55. The molecule has 1 aromatic rings. The lowest BCUT2D eigenvalue weighted by molar-refractivity contribution is -0.139. The summed E-state index contributed by atoms with van der Waals surface area (Å²) in [6, 6.07) is 7.91. The van der Waals surface area contributed by atoms with Gasteiger partial charge in [-0.05, 0) is 44.7 Å². The predicted octanol–water partition coefficient (Wildman–Crippen LogP) is 1.62. The summed E-state index contributed by atoms with van der Waals surface area (Å²) in [5.41, 5.74) is 2.14. The predicted molar refractivity (Wildman–Crippen MR) is 75.3 cm³/mol. The Morgan fingerprint density at radius 3 is 2.84 bits per heavy atom. The van der Waals surface area contributed by atoms with Gasteiger partial charge in [0.05, 0.1) is 5.92 Å². The summed E-state index contributed by atoms with van der Waals surface area (Å²) in [6.07, 6.45) is 1.07. The third-order valence-corrected chi connectivity index (χ3v) is 3.64. The molecule has 0 bridgehead atoms. The van der Waals surface area contributed by atoms with Gasteiger partial charge in [0, 0.05) is 13.1 Å². The van der Waals surface area contributed by atoms with Crippen LogP contribution >= 0.6 is 0 Å². The zero-order valence-electron chi connectivity index (χ0n) is 11.7. The minimum atomic E-state index is -0.718. The molecule has 1 atom stereocenters. The minimum Gasteiger partial charge on any atom is -0.481 e. The van der Waals surface area contributed by atoms with Crippen molar-refractivity contribution in [3.05, 3.63) is 35.4 Å². The molecule has 0 saturated heterocycles. The van der Waals surface area contributed by atoms with Crippen LogP contribution in [0.3, 0.4) is 0 Å². The number of carbonyl (C=O) groups is 1. The van der Waals surface area contributed by atoms with Crippen LogP contribution in [0.1, 0.15) is 23.5 Å². The van der Waals surface area contributed by atoms with Crippen LogP contribution in [0.4, 0.5) is 0 Å². The van der Waals surface area contributed by atoms with Gasteiger partial charge in [-0.25, -0.2) is 0 Å². The van der Waals surface area contributed by atoms with E-state index in [2.05, 4.69) is 23.9 Å². The van der Waals surface area contributed by atoms with Gasteiger partial charge in [0.15, 0.2) is 0 Å². The van der Waals surface area contributed by atoms with E-state index in [0.29, 0.717) is 6.54 Å². The largest absolute Gasteiger partial charge is 0.481 e. The Hall–Kier alpha value is -1.39. The Bertz CT molecular complexity index is 446. The summed E-state index contributed by atoms with van der Waals surface area (Å²) in [6.45, 7) is 3.49. The van der Waals surface area contributed by atoms with Crippen LogP contribution in [-0.2, 0) is 11.3 Å². The van der Waals surface area contributed by atoms with E-state index < -0.39 is 5.97 Å². The molecule has 1 unspecified atom stereocenters. The van der Waals surface area contributed by atoms with Crippen LogP contribution in [-0.4, -0.2) is 54.6 Å². The molecule has 0 spiro atoms. The molecule has 4 nitrogen and oxygen atoms in total. The lowest BCUT2D eigenvalue weighted by Crippen LogP contribution is -2.38. The molecular weight excluding hydrogens is 240 g/mol. The van der Waals surface area contributed by atoms with Crippen LogP contribution in [0.5, 0.6) is 0 Å². The molecule has 2 rings (SSSR count). The molecular formula is C15H22N2O2. The summed E-state index contributed by atoms with van der Waals surface area (Å²) in [5, 5.41) is 9.38. The van der Waals surface area contributed by atoms with Crippen molar-refractivity contribution in [3.8, 4) is 0 Å². The van der Waals surface area contributed by atoms with Crippen LogP contribution in [0.2, 0.25) is 0 Å². The number of benzene rings is 1. The van der Waals surface area contributed by atoms with Crippen molar-refractivity contribution < 1.29 is 9.90 Å². The van der Waals surface area contributed by atoms with E-state index in [0.717, 1.165) is 37.2 Å². The van der Waals surface area contributed by atoms with E-state index in [1.807, 2.05) is 24.3 Å². The number of aliphatic carboxylic acids is 1. The van der Waals surface area contributed by atoms with Gasteiger partial charge in [-0.1, -0.05) is 24.3 Å². The number of hydrogen-bond acceptors (Lipinski definition) is 3. The normalized spacial score (nSPS) is 19.4. The van der Waals surface area contributed by atoms with Gasteiger partial charge < -0.3 is 10.0 Å². The highest BCUT2D eigenvalue weighted by Crippen LogP contribution is 2.28. The highest BCUT2D eigenvalue weighted by molar-refractivity contribution is 5.77. The zero-order chi connectivity index (χ0) is 13.8. The van der Waals surface area contributed by atoms with E-state index >= 15 is 0 Å². The lowest BCUT2D eigenvalue weighted by atomic mass is 9.90. The lowest BCUT2D eigenvalue weighted by Gasteiger charge is -2.33. The molecule has 0 amide bonds. The fraction of sp³-hybridized carbons (Fsp3) is 0.533. The van der Waals surface area contributed by atoms with Gasteiger partial charge in [-0.15, -0.1) is 0 Å². The highest BCUT2D eigenvalue weighted by atomic mass is 16.4. The number of rotatable bonds is 5. The van der Waals surface area contributed by atoms with Crippen molar-refractivity contribution in [2.45, 2.75) is 18.9 Å². The highest BCUT2D eigenvalue weighted by Gasteiger charge is 2.29. The third-order valence-electron chi connectivity index (χ3n) is 3.64. The standard InChI is InChI=1S/C15H22N2O2/c1-16(2)8-5-9-17-10-12-6-3-4-7-13(12)14(11-17)15(18)19/h3-4,6-7,14H,5,8-11H2,1-2H3,(H,18,19). The molecule has 1 aliphatic rings. The number of carboxylic acid groups (broad SMARTS) is 1. The second-order valence-corrected chi connectivity index (χ2v) is 5.48. The molecule has 4 heteroatoms. The fourth-order valence-electron chi connectivity index (χ4n) is 2.67. The van der Waals surface area contributed by atoms with Crippen molar-refractivity contribution >= 4 is 5.97 Å². The second kappa shape index (κ2) is 6.17. The molecule has 1 aromatic carbocycles. The smallest absolute Gasteiger partial charge is 0.312 e. The van der Waals surface area contributed by atoms with Crippen molar-refractivity contribution in [2.24, 2.45) is 0 Å². The SMILES string of the molecule is CN(C)CCCN1Cc2ccccc2C(C(=O)O)C1. The Labute approximate surface area is 114 Å². The van der Waals surface area contributed by atoms with Gasteiger partial charge >= 0.3 is 5.97 Å². The summed E-state index contributed by atoms with van der Waals surface area (Å²) < 4.78 is 0. The van der Waals surface area contributed by atoms with Crippen molar-refractivity contribution in [2.75, 3.05) is 33.7 Å². The summed E-state index contributed by atoms with van der Waals surface area (Å²) in [5.74, 6) is -1.10. The molecule has 19 heavy (non-hydrogen) atoms. The quantitative estimate of drug-likeness (QED) is 0.876. The molecule has 0 saturated carbocycles. The molecule has 1 N–H and O–H groups in total. The maximum atomic E-state index is 11.4. The van der Waals surface area contributed by atoms with Crippen molar-refractivity contribution in [1.29, 1.82) is 0 Å². The monoisotopic (exact) mass is 262 g/mol. The van der Waals surface area contributed by atoms with E-state index in [1.165, 1.54) is 0 Å². The first-order valence-electron chi connectivity index (χ1n) is 6.75. The minimum absolute atomic E-state index is 0.385. The molecule has 0 aliphatic carbocycles. The van der Waals surface area contributed by atoms with Crippen molar-refractivity contribution in [3.63, 3.8) is 0 Å². The maximum Gasteiger partial charge on any atom is 0.312 e. The summed E-state index contributed by atoms with van der Waals surface area (Å²) >= 11 is 0. The topological polar surface area (TPSA) is 43.8 Å². The Kier molecular flexibility index (Phi) is 4.56. The summed E-state index contributed by atoms with van der Waals surface area (Å²) in [7, 11) is 4.12. The second-order valence-electron chi connectivity index (χ2n) is 5.48. The number of nitrogens with zero attached hydrogens (tertiary/aromatic N) is 2.